The molecule has 0 saturated carbocycles. The summed E-state index contributed by atoms with van der Waals surface area (Å²) in [6, 6.07) is 15.4. The van der Waals surface area contributed by atoms with Gasteiger partial charge in [0.2, 0.25) is 5.95 Å². The van der Waals surface area contributed by atoms with Gasteiger partial charge in [-0.1, -0.05) is 30.3 Å². The van der Waals surface area contributed by atoms with Crippen LogP contribution in [0.4, 0.5) is 5.95 Å². The van der Waals surface area contributed by atoms with Crippen molar-refractivity contribution in [2.45, 2.75) is 6.10 Å². The summed E-state index contributed by atoms with van der Waals surface area (Å²) in [7, 11) is 1.76. The molecular formula is C20H21ClN4O2. The molecule has 2 aromatic heterocycles. The summed E-state index contributed by atoms with van der Waals surface area (Å²) in [6.45, 7) is 1.95. The summed E-state index contributed by atoms with van der Waals surface area (Å²) in [5.41, 5.74) is 2.59. The van der Waals surface area contributed by atoms with Crippen molar-refractivity contribution in [3.8, 4) is 11.3 Å². The largest absolute Gasteiger partial charge is 0.370 e. The lowest BCUT2D eigenvalue weighted by molar-refractivity contribution is 0.0390. The first-order valence-corrected chi connectivity index (χ1v) is 8.62. The Morgan fingerprint density at radius 2 is 1.85 bits per heavy atom. The molecule has 1 aliphatic rings. The number of rotatable bonds is 3. The number of morpholine rings is 1. The summed E-state index contributed by atoms with van der Waals surface area (Å²) in [4.78, 5) is 23.4. The first-order chi connectivity index (χ1) is 12.7. The monoisotopic (exact) mass is 384 g/mol. The van der Waals surface area contributed by atoms with Gasteiger partial charge in [-0.25, -0.2) is 4.98 Å². The minimum Gasteiger partial charge on any atom is -0.370 e. The molecule has 3 heterocycles. The fraction of sp³-hybridized carbons (Fsp3) is 0.250. The normalized spacial score (nSPS) is 16.6. The number of hydrogen-bond acceptors (Lipinski definition) is 5. The zero-order valence-corrected chi connectivity index (χ0v) is 15.8. The van der Waals surface area contributed by atoms with Crippen LogP contribution in [0.5, 0.6) is 0 Å². The van der Waals surface area contributed by atoms with Crippen molar-refractivity contribution >= 4 is 18.4 Å². The molecule has 140 valence electrons. The molecule has 0 radical (unpaired) electrons. The Balaban J connectivity index is 0.00000210. The average molecular weight is 385 g/mol. The van der Waals surface area contributed by atoms with E-state index in [9.17, 15) is 4.79 Å². The van der Waals surface area contributed by atoms with Gasteiger partial charge in [0.15, 0.2) is 0 Å². The molecule has 1 saturated heterocycles. The van der Waals surface area contributed by atoms with Crippen LogP contribution in [0.25, 0.3) is 11.3 Å². The quantitative estimate of drug-likeness (QED) is 0.695. The third kappa shape index (κ3) is 4.02. The van der Waals surface area contributed by atoms with E-state index in [-0.39, 0.29) is 24.1 Å². The van der Waals surface area contributed by atoms with E-state index in [2.05, 4.69) is 22.0 Å². The predicted molar refractivity (Wildman–Crippen MR) is 107 cm³/mol. The number of hydrogen-bond donors (Lipinski definition) is 0. The molecule has 0 bridgehead atoms. The molecule has 1 aliphatic heterocycles. The smallest absolute Gasteiger partial charge is 0.255 e. The number of ether oxygens (including phenoxy) is 1. The van der Waals surface area contributed by atoms with E-state index in [0.717, 1.165) is 11.1 Å². The van der Waals surface area contributed by atoms with Gasteiger partial charge in [-0.05, 0) is 17.7 Å². The summed E-state index contributed by atoms with van der Waals surface area (Å²) < 4.78 is 7.53. The highest BCUT2D eigenvalue weighted by molar-refractivity contribution is 5.85. The lowest BCUT2D eigenvalue weighted by atomic mass is 10.1. The molecule has 0 amide bonds. The van der Waals surface area contributed by atoms with E-state index in [0.29, 0.717) is 31.3 Å². The van der Waals surface area contributed by atoms with Crippen LogP contribution in [-0.2, 0) is 11.8 Å². The van der Waals surface area contributed by atoms with Gasteiger partial charge in [0.05, 0.1) is 18.8 Å². The molecule has 4 rings (SSSR count). The molecule has 6 nitrogen and oxygen atoms in total. The summed E-state index contributed by atoms with van der Waals surface area (Å²) in [6.07, 6.45) is 3.37. The molecular weight excluding hydrogens is 364 g/mol. The number of benzene rings is 1. The molecule has 27 heavy (non-hydrogen) atoms. The highest BCUT2D eigenvalue weighted by atomic mass is 35.5. The Labute approximate surface area is 163 Å². The number of nitrogens with zero attached hydrogens (tertiary/aromatic N) is 4. The van der Waals surface area contributed by atoms with Crippen LogP contribution >= 0.6 is 12.4 Å². The van der Waals surface area contributed by atoms with Crippen LogP contribution in [0.3, 0.4) is 0 Å². The van der Waals surface area contributed by atoms with Crippen molar-refractivity contribution in [1.29, 1.82) is 0 Å². The average Bonchev–Trinajstić information content (AvgIpc) is 2.71. The van der Waals surface area contributed by atoms with Gasteiger partial charge in [0.1, 0.15) is 6.10 Å². The predicted octanol–water partition coefficient (Wildman–Crippen LogP) is 2.84. The SMILES string of the molecule is Cl.Cn1c(N2CCOC(c3ccccc3)C2)nc(-c2ccncc2)cc1=O. The van der Waals surface area contributed by atoms with Crippen LogP contribution < -0.4 is 10.5 Å². The molecule has 1 aromatic carbocycles. The zero-order valence-electron chi connectivity index (χ0n) is 15.0. The minimum atomic E-state index is -0.0791. The van der Waals surface area contributed by atoms with Gasteiger partial charge in [0, 0.05) is 37.6 Å². The fourth-order valence-corrected chi connectivity index (χ4v) is 3.18. The van der Waals surface area contributed by atoms with Crippen molar-refractivity contribution in [2.75, 3.05) is 24.6 Å². The van der Waals surface area contributed by atoms with Gasteiger partial charge in [-0.2, -0.15) is 0 Å². The second-order valence-electron chi connectivity index (χ2n) is 6.29. The zero-order chi connectivity index (χ0) is 17.9. The van der Waals surface area contributed by atoms with Crippen LogP contribution in [0, 0.1) is 0 Å². The molecule has 0 N–H and O–H groups in total. The Bertz CT molecular complexity index is 947. The first kappa shape index (κ1) is 19.1. The summed E-state index contributed by atoms with van der Waals surface area (Å²) in [5.74, 6) is 0.661. The van der Waals surface area contributed by atoms with Crippen LogP contribution in [0.1, 0.15) is 11.7 Å². The van der Waals surface area contributed by atoms with E-state index in [1.54, 1.807) is 30.1 Å². The lowest BCUT2D eigenvalue weighted by Crippen LogP contribution is -2.41. The molecule has 0 spiro atoms. The van der Waals surface area contributed by atoms with Gasteiger partial charge < -0.3 is 9.64 Å². The second kappa shape index (κ2) is 8.33. The van der Waals surface area contributed by atoms with E-state index in [1.807, 2.05) is 30.3 Å². The van der Waals surface area contributed by atoms with Gasteiger partial charge in [-0.15, -0.1) is 12.4 Å². The van der Waals surface area contributed by atoms with Crippen molar-refractivity contribution < 1.29 is 4.74 Å². The maximum atomic E-state index is 12.5. The van der Waals surface area contributed by atoms with Gasteiger partial charge in [-0.3, -0.25) is 14.3 Å². The first-order valence-electron chi connectivity index (χ1n) is 8.62. The minimum absolute atomic E-state index is 0. The Morgan fingerprint density at radius 3 is 2.59 bits per heavy atom. The summed E-state index contributed by atoms with van der Waals surface area (Å²) >= 11 is 0. The maximum Gasteiger partial charge on any atom is 0.255 e. The van der Waals surface area contributed by atoms with Crippen LogP contribution in [0.15, 0.2) is 65.7 Å². The van der Waals surface area contributed by atoms with Crippen molar-refractivity contribution in [2.24, 2.45) is 7.05 Å². The standard InChI is InChI=1S/C20H20N4O2.ClH/c1-23-19(25)13-17(15-7-9-21-10-8-15)22-20(23)24-11-12-26-18(14-24)16-5-3-2-4-6-16;/h2-10,13,18H,11-12,14H2,1H3;1H. The number of pyridine rings is 1. The number of aromatic nitrogens is 3. The Morgan fingerprint density at radius 1 is 1.11 bits per heavy atom. The van der Waals surface area contributed by atoms with Crippen molar-refractivity contribution in [3.63, 3.8) is 0 Å². The van der Waals surface area contributed by atoms with Crippen LogP contribution in [0.2, 0.25) is 0 Å². The molecule has 7 heteroatoms. The number of anilines is 1. The molecule has 1 fully saturated rings. The lowest BCUT2D eigenvalue weighted by Gasteiger charge is -2.34. The highest BCUT2D eigenvalue weighted by Crippen LogP contribution is 2.25. The molecule has 1 atom stereocenters. The molecule has 0 aliphatic carbocycles. The fourth-order valence-electron chi connectivity index (χ4n) is 3.18. The Hall–Kier alpha value is -2.70. The van der Waals surface area contributed by atoms with Gasteiger partial charge in [0.25, 0.3) is 5.56 Å². The third-order valence-corrected chi connectivity index (χ3v) is 4.61. The van der Waals surface area contributed by atoms with Crippen molar-refractivity contribution in [1.82, 2.24) is 14.5 Å². The van der Waals surface area contributed by atoms with E-state index >= 15 is 0 Å². The number of halogens is 1. The van der Waals surface area contributed by atoms with E-state index in [4.69, 9.17) is 9.72 Å². The van der Waals surface area contributed by atoms with Gasteiger partial charge >= 0.3 is 0 Å². The highest BCUT2D eigenvalue weighted by Gasteiger charge is 2.25. The third-order valence-electron chi connectivity index (χ3n) is 4.61. The summed E-state index contributed by atoms with van der Waals surface area (Å²) in [5, 5.41) is 0. The maximum absolute atomic E-state index is 12.5. The molecule has 1 unspecified atom stereocenters. The van der Waals surface area contributed by atoms with Crippen LogP contribution in [-0.4, -0.2) is 34.2 Å². The second-order valence-corrected chi connectivity index (χ2v) is 6.29. The topological polar surface area (TPSA) is 60.2 Å². The molecule has 3 aromatic rings. The van der Waals surface area contributed by atoms with E-state index in [1.165, 1.54) is 0 Å². The van der Waals surface area contributed by atoms with Crippen molar-refractivity contribution in [3.05, 3.63) is 76.8 Å². The Kier molecular flexibility index (Phi) is 5.88. The van der Waals surface area contributed by atoms with E-state index < -0.39 is 0 Å².